The lowest BCUT2D eigenvalue weighted by atomic mass is 9.89. The van der Waals surface area contributed by atoms with Crippen LogP contribution in [0.2, 0.25) is 0 Å². The third-order valence-electron chi connectivity index (χ3n) is 4.44. The van der Waals surface area contributed by atoms with Gasteiger partial charge in [0.05, 0.1) is 6.61 Å². The second-order valence-electron chi connectivity index (χ2n) is 5.87. The molecular weight excluding hydrogens is 240 g/mol. The molecule has 1 aliphatic carbocycles. The lowest BCUT2D eigenvalue weighted by Crippen LogP contribution is -2.46. The molecule has 0 atom stereocenters. The van der Waals surface area contributed by atoms with Gasteiger partial charge < -0.3 is 15.0 Å². The molecule has 0 bridgehead atoms. The number of amides is 1. The fourth-order valence-corrected chi connectivity index (χ4v) is 3.21. The van der Waals surface area contributed by atoms with Gasteiger partial charge in [-0.05, 0) is 45.1 Å². The normalized spacial score (nSPS) is 22.5. The smallest absolute Gasteiger partial charge is 0.409 e. The number of hydrogen-bond donors (Lipinski definition) is 1. The minimum Gasteiger partial charge on any atom is -0.450 e. The van der Waals surface area contributed by atoms with Crippen LogP contribution in [0.15, 0.2) is 0 Å². The molecule has 1 amide bonds. The van der Waals surface area contributed by atoms with Gasteiger partial charge in [0.2, 0.25) is 0 Å². The molecule has 2 rings (SSSR count). The van der Waals surface area contributed by atoms with Gasteiger partial charge in [-0.1, -0.05) is 19.3 Å². The summed E-state index contributed by atoms with van der Waals surface area (Å²) in [7, 11) is 0. The fourth-order valence-electron chi connectivity index (χ4n) is 3.21. The van der Waals surface area contributed by atoms with Crippen molar-refractivity contribution in [1.82, 2.24) is 10.2 Å². The van der Waals surface area contributed by atoms with Crippen molar-refractivity contribution in [2.45, 2.75) is 57.9 Å². The predicted molar refractivity (Wildman–Crippen MR) is 76.2 cm³/mol. The van der Waals surface area contributed by atoms with E-state index in [9.17, 15) is 4.79 Å². The number of likely N-dealkylation sites (tertiary alicyclic amines) is 1. The molecule has 1 heterocycles. The van der Waals surface area contributed by atoms with Crippen molar-refractivity contribution in [2.75, 3.05) is 26.2 Å². The van der Waals surface area contributed by atoms with Crippen LogP contribution in [0.1, 0.15) is 51.9 Å². The molecule has 2 aliphatic rings. The van der Waals surface area contributed by atoms with Gasteiger partial charge in [-0.3, -0.25) is 0 Å². The maximum atomic E-state index is 11.6. The lowest BCUT2D eigenvalue weighted by molar-refractivity contribution is 0.0946. The minimum atomic E-state index is -0.145. The molecule has 0 aromatic rings. The Morgan fingerprint density at radius 1 is 1.16 bits per heavy atom. The molecule has 4 nitrogen and oxygen atoms in total. The van der Waals surface area contributed by atoms with E-state index in [0.29, 0.717) is 12.6 Å². The topological polar surface area (TPSA) is 41.6 Å². The molecule has 0 aromatic heterocycles. The fraction of sp³-hybridized carbons (Fsp3) is 0.933. The quantitative estimate of drug-likeness (QED) is 0.852. The minimum absolute atomic E-state index is 0.145. The largest absolute Gasteiger partial charge is 0.450 e. The maximum Gasteiger partial charge on any atom is 0.409 e. The summed E-state index contributed by atoms with van der Waals surface area (Å²) in [4.78, 5) is 13.4. The molecule has 1 aliphatic heterocycles. The number of piperidine rings is 1. The zero-order chi connectivity index (χ0) is 13.5. The Balaban J connectivity index is 1.61. The highest BCUT2D eigenvalue weighted by Gasteiger charge is 2.24. The first-order valence-electron chi connectivity index (χ1n) is 7.94. The van der Waals surface area contributed by atoms with Crippen LogP contribution in [0, 0.1) is 5.92 Å². The highest BCUT2D eigenvalue weighted by atomic mass is 16.6. The van der Waals surface area contributed by atoms with Crippen LogP contribution in [-0.4, -0.2) is 43.3 Å². The predicted octanol–water partition coefficient (Wildman–Crippen LogP) is 2.78. The number of ether oxygens (including phenoxy) is 1. The molecule has 1 saturated heterocycles. The van der Waals surface area contributed by atoms with Gasteiger partial charge >= 0.3 is 6.09 Å². The van der Waals surface area contributed by atoms with Gasteiger partial charge in [-0.25, -0.2) is 4.79 Å². The second kappa shape index (κ2) is 7.73. The number of hydrogen-bond acceptors (Lipinski definition) is 3. The molecule has 1 saturated carbocycles. The number of rotatable bonds is 4. The van der Waals surface area contributed by atoms with Gasteiger partial charge in [-0.15, -0.1) is 0 Å². The number of carbonyl (C=O) groups excluding carboxylic acids is 1. The molecule has 0 radical (unpaired) electrons. The Labute approximate surface area is 116 Å². The second-order valence-corrected chi connectivity index (χ2v) is 5.87. The zero-order valence-corrected chi connectivity index (χ0v) is 12.2. The molecule has 2 fully saturated rings. The van der Waals surface area contributed by atoms with Crippen LogP contribution in [0.5, 0.6) is 0 Å². The van der Waals surface area contributed by atoms with Gasteiger partial charge in [0.15, 0.2) is 0 Å². The molecule has 110 valence electrons. The Hall–Kier alpha value is -0.770. The van der Waals surface area contributed by atoms with Crippen molar-refractivity contribution in [1.29, 1.82) is 0 Å². The van der Waals surface area contributed by atoms with Crippen molar-refractivity contribution >= 4 is 6.09 Å². The number of nitrogens with one attached hydrogen (secondary N) is 1. The third kappa shape index (κ3) is 4.68. The van der Waals surface area contributed by atoms with E-state index >= 15 is 0 Å². The summed E-state index contributed by atoms with van der Waals surface area (Å²) in [6.07, 6.45) is 9.02. The van der Waals surface area contributed by atoms with Gasteiger partial charge in [-0.2, -0.15) is 0 Å². The van der Waals surface area contributed by atoms with Crippen molar-refractivity contribution < 1.29 is 9.53 Å². The van der Waals surface area contributed by atoms with Gasteiger partial charge in [0, 0.05) is 19.1 Å². The van der Waals surface area contributed by atoms with E-state index in [-0.39, 0.29) is 6.09 Å². The molecular formula is C15H28N2O2. The van der Waals surface area contributed by atoms with E-state index in [4.69, 9.17) is 4.74 Å². The summed E-state index contributed by atoms with van der Waals surface area (Å²) >= 11 is 0. The van der Waals surface area contributed by atoms with Crippen LogP contribution in [-0.2, 0) is 4.74 Å². The van der Waals surface area contributed by atoms with E-state index < -0.39 is 0 Å². The summed E-state index contributed by atoms with van der Waals surface area (Å²) in [6, 6.07) is 0.590. The first-order valence-corrected chi connectivity index (χ1v) is 7.94. The van der Waals surface area contributed by atoms with E-state index in [1.54, 1.807) is 0 Å². The Kier molecular flexibility index (Phi) is 5.95. The third-order valence-corrected chi connectivity index (χ3v) is 4.44. The molecule has 0 spiro atoms. The number of nitrogens with zero attached hydrogens (tertiary/aromatic N) is 1. The monoisotopic (exact) mass is 268 g/mol. The standard InChI is InChI=1S/C15H28N2O2/c1-2-19-15(18)17-10-8-14(9-11-17)16-12-13-6-4-3-5-7-13/h13-14,16H,2-12H2,1H3. The van der Waals surface area contributed by atoms with Crippen LogP contribution in [0.4, 0.5) is 4.79 Å². The lowest BCUT2D eigenvalue weighted by Gasteiger charge is -2.33. The highest BCUT2D eigenvalue weighted by molar-refractivity contribution is 5.67. The van der Waals surface area contributed by atoms with Crippen LogP contribution >= 0.6 is 0 Å². The number of carbonyl (C=O) groups is 1. The van der Waals surface area contributed by atoms with Crippen LogP contribution < -0.4 is 5.32 Å². The average Bonchev–Trinajstić information content (AvgIpc) is 2.47. The van der Waals surface area contributed by atoms with E-state index in [2.05, 4.69) is 5.32 Å². The SMILES string of the molecule is CCOC(=O)N1CCC(NCC2CCCCC2)CC1. The summed E-state index contributed by atoms with van der Waals surface area (Å²) in [5.41, 5.74) is 0. The van der Waals surface area contributed by atoms with Crippen LogP contribution in [0.25, 0.3) is 0 Å². The zero-order valence-electron chi connectivity index (χ0n) is 12.2. The van der Waals surface area contributed by atoms with Gasteiger partial charge in [0.1, 0.15) is 0 Å². The van der Waals surface area contributed by atoms with Crippen molar-refractivity contribution in [2.24, 2.45) is 5.92 Å². The van der Waals surface area contributed by atoms with Crippen molar-refractivity contribution in [3.63, 3.8) is 0 Å². The molecule has 0 aromatic carbocycles. The first kappa shape index (κ1) is 14.6. The Morgan fingerprint density at radius 2 is 1.84 bits per heavy atom. The summed E-state index contributed by atoms with van der Waals surface area (Å²) in [6.45, 7) is 5.17. The Bertz CT molecular complexity index is 269. The molecule has 4 heteroatoms. The van der Waals surface area contributed by atoms with E-state index in [1.165, 1.54) is 38.6 Å². The summed E-state index contributed by atoms with van der Waals surface area (Å²) < 4.78 is 5.04. The van der Waals surface area contributed by atoms with Crippen molar-refractivity contribution in [3.8, 4) is 0 Å². The van der Waals surface area contributed by atoms with E-state index in [1.807, 2.05) is 11.8 Å². The average molecular weight is 268 g/mol. The summed E-state index contributed by atoms with van der Waals surface area (Å²) in [5.74, 6) is 0.886. The molecule has 0 unspecified atom stereocenters. The molecule has 19 heavy (non-hydrogen) atoms. The maximum absolute atomic E-state index is 11.6. The first-order chi connectivity index (χ1) is 9.29. The highest BCUT2D eigenvalue weighted by Crippen LogP contribution is 2.23. The van der Waals surface area contributed by atoms with E-state index in [0.717, 1.165) is 31.8 Å². The Morgan fingerprint density at radius 3 is 2.47 bits per heavy atom. The van der Waals surface area contributed by atoms with Crippen LogP contribution in [0.3, 0.4) is 0 Å². The summed E-state index contributed by atoms with van der Waals surface area (Å²) in [5, 5.41) is 3.70. The molecule has 1 N–H and O–H groups in total. The van der Waals surface area contributed by atoms with Gasteiger partial charge in [0.25, 0.3) is 0 Å². The van der Waals surface area contributed by atoms with Crippen molar-refractivity contribution in [3.05, 3.63) is 0 Å².